The molecule has 0 heterocycles. The maximum atomic E-state index is 5.99. The lowest BCUT2D eigenvalue weighted by molar-refractivity contribution is 0.199. The largest absolute Gasteiger partial charge is 0.489 e. The van der Waals surface area contributed by atoms with Gasteiger partial charge in [0.05, 0.1) is 0 Å². The molecule has 3 heteroatoms. The molecule has 0 amide bonds. The Hall–Kier alpha value is -0.730. The Morgan fingerprint density at radius 2 is 2.06 bits per heavy atom. The van der Waals surface area contributed by atoms with Crippen molar-refractivity contribution in [1.29, 1.82) is 0 Å². The molecule has 1 rings (SSSR count). The standard InChI is InChI=1S/C15H24ClNO/c1-6-15(4,5)17-10-12(3)18-13-7-8-14(16)11(2)9-13/h7-9,12,17H,6,10H2,1-5H3. The predicted molar refractivity (Wildman–Crippen MR) is 78.7 cm³/mol. The van der Waals surface area contributed by atoms with E-state index in [1.165, 1.54) is 0 Å². The van der Waals surface area contributed by atoms with Crippen LogP contribution < -0.4 is 10.1 Å². The Labute approximate surface area is 116 Å². The Bertz CT molecular complexity index is 390. The summed E-state index contributed by atoms with van der Waals surface area (Å²) in [6.07, 6.45) is 1.23. The van der Waals surface area contributed by atoms with Gasteiger partial charge in [0, 0.05) is 17.1 Å². The fourth-order valence-corrected chi connectivity index (χ4v) is 1.63. The average Bonchev–Trinajstić information content (AvgIpc) is 2.32. The van der Waals surface area contributed by atoms with Crippen molar-refractivity contribution in [1.82, 2.24) is 5.32 Å². The van der Waals surface area contributed by atoms with Crippen LogP contribution in [-0.4, -0.2) is 18.2 Å². The van der Waals surface area contributed by atoms with Gasteiger partial charge in [-0.15, -0.1) is 0 Å². The monoisotopic (exact) mass is 269 g/mol. The van der Waals surface area contributed by atoms with Gasteiger partial charge in [-0.2, -0.15) is 0 Å². The average molecular weight is 270 g/mol. The molecule has 18 heavy (non-hydrogen) atoms. The Morgan fingerprint density at radius 3 is 2.61 bits per heavy atom. The van der Waals surface area contributed by atoms with Crippen LogP contribution >= 0.6 is 11.6 Å². The number of benzene rings is 1. The molecule has 0 aliphatic heterocycles. The fourth-order valence-electron chi connectivity index (χ4n) is 1.51. The second kappa shape index (κ2) is 6.44. The normalized spacial score (nSPS) is 13.4. The zero-order chi connectivity index (χ0) is 13.8. The molecule has 0 saturated heterocycles. The van der Waals surface area contributed by atoms with E-state index in [4.69, 9.17) is 16.3 Å². The van der Waals surface area contributed by atoms with Crippen molar-refractivity contribution < 1.29 is 4.74 Å². The summed E-state index contributed by atoms with van der Waals surface area (Å²) >= 11 is 5.99. The minimum absolute atomic E-state index is 0.136. The Kier molecular flexibility index (Phi) is 5.48. The summed E-state index contributed by atoms with van der Waals surface area (Å²) in [6.45, 7) is 11.5. The minimum atomic E-state index is 0.136. The van der Waals surface area contributed by atoms with Crippen molar-refractivity contribution in [3.05, 3.63) is 28.8 Å². The van der Waals surface area contributed by atoms with Crippen molar-refractivity contribution in [2.45, 2.75) is 52.7 Å². The van der Waals surface area contributed by atoms with Gasteiger partial charge < -0.3 is 10.1 Å². The Balaban J connectivity index is 2.49. The molecule has 1 N–H and O–H groups in total. The molecule has 0 bridgehead atoms. The van der Waals surface area contributed by atoms with Crippen LogP contribution in [-0.2, 0) is 0 Å². The van der Waals surface area contributed by atoms with Gasteiger partial charge in [-0.1, -0.05) is 18.5 Å². The molecule has 1 aromatic rings. The van der Waals surface area contributed by atoms with E-state index in [2.05, 4.69) is 33.0 Å². The number of aryl methyl sites for hydroxylation is 1. The summed E-state index contributed by atoms with van der Waals surface area (Å²) in [7, 11) is 0. The highest BCUT2D eigenvalue weighted by molar-refractivity contribution is 6.31. The van der Waals surface area contributed by atoms with Crippen molar-refractivity contribution >= 4 is 11.6 Å². The third-order valence-electron chi connectivity index (χ3n) is 3.22. The predicted octanol–water partition coefficient (Wildman–Crippen LogP) is 4.19. The van der Waals surface area contributed by atoms with Gasteiger partial charge in [-0.05, 0) is 57.9 Å². The summed E-state index contributed by atoms with van der Waals surface area (Å²) in [4.78, 5) is 0. The van der Waals surface area contributed by atoms with Crippen molar-refractivity contribution in [3.8, 4) is 5.75 Å². The van der Waals surface area contributed by atoms with Gasteiger partial charge in [0.15, 0.2) is 0 Å². The number of hydrogen-bond donors (Lipinski definition) is 1. The molecular weight excluding hydrogens is 246 g/mol. The summed E-state index contributed by atoms with van der Waals surface area (Å²) in [5, 5.41) is 4.28. The zero-order valence-corrected chi connectivity index (χ0v) is 12.8. The molecule has 1 aromatic carbocycles. The molecule has 102 valence electrons. The van der Waals surface area contributed by atoms with E-state index in [-0.39, 0.29) is 11.6 Å². The SMILES string of the molecule is CCC(C)(C)NCC(C)Oc1ccc(Cl)c(C)c1. The molecule has 2 nitrogen and oxygen atoms in total. The Morgan fingerprint density at radius 1 is 1.39 bits per heavy atom. The molecule has 1 unspecified atom stereocenters. The molecule has 0 aliphatic rings. The highest BCUT2D eigenvalue weighted by Crippen LogP contribution is 2.21. The number of rotatable bonds is 6. The van der Waals surface area contributed by atoms with Crippen LogP contribution in [0.4, 0.5) is 0 Å². The van der Waals surface area contributed by atoms with Crippen LogP contribution in [0, 0.1) is 6.92 Å². The quantitative estimate of drug-likeness (QED) is 0.836. The molecular formula is C15H24ClNO. The van der Waals surface area contributed by atoms with Gasteiger partial charge in [0.25, 0.3) is 0 Å². The molecule has 0 radical (unpaired) electrons. The first-order valence-corrected chi connectivity index (χ1v) is 6.89. The second-order valence-electron chi connectivity index (χ2n) is 5.46. The number of nitrogens with one attached hydrogen (secondary N) is 1. The van der Waals surface area contributed by atoms with Gasteiger partial charge in [0.1, 0.15) is 11.9 Å². The van der Waals surface area contributed by atoms with E-state index in [0.29, 0.717) is 0 Å². The van der Waals surface area contributed by atoms with E-state index < -0.39 is 0 Å². The molecule has 0 aliphatic carbocycles. The van der Waals surface area contributed by atoms with E-state index in [1.807, 2.05) is 25.1 Å². The fraction of sp³-hybridized carbons (Fsp3) is 0.600. The first-order valence-electron chi connectivity index (χ1n) is 6.52. The summed E-state index contributed by atoms with van der Waals surface area (Å²) in [5.41, 5.74) is 1.20. The number of hydrogen-bond acceptors (Lipinski definition) is 2. The first kappa shape index (κ1) is 15.3. The summed E-state index contributed by atoms with van der Waals surface area (Å²) in [6, 6.07) is 5.77. The van der Waals surface area contributed by atoms with Crippen LogP contribution in [0.25, 0.3) is 0 Å². The lowest BCUT2D eigenvalue weighted by atomic mass is 10.0. The molecule has 1 atom stereocenters. The number of halogens is 1. The summed E-state index contributed by atoms with van der Waals surface area (Å²) in [5.74, 6) is 0.875. The molecule has 0 aromatic heterocycles. The lowest BCUT2D eigenvalue weighted by Gasteiger charge is -2.27. The van der Waals surface area contributed by atoms with E-state index >= 15 is 0 Å². The molecule has 0 fully saturated rings. The van der Waals surface area contributed by atoms with Crippen LogP contribution in [0.1, 0.15) is 39.7 Å². The maximum absolute atomic E-state index is 5.99. The van der Waals surface area contributed by atoms with Crippen molar-refractivity contribution in [2.24, 2.45) is 0 Å². The van der Waals surface area contributed by atoms with Gasteiger partial charge in [-0.3, -0.25) is 0 Å². The van der Waals surface area contributed by atoms with E-state index in [0.717, 1.165) is 29.3 Å². The smallest absolute Gasteiger partial charge is 0.120 e. The third-order valence-corrected chi connectivity index (χ3v) is 3.64. The topological polar surface area (TPSA) is 21.3 Å². The van der Waals surface area contributed by atoms with Crippen molar-refractivity contribution in [2.75, 3.05) is 6.54 Å². The van der Waals surface area contributed by atoms with Crippen LogP contribution in [0.15, 0.2) is 18.2 Å². The van der Waals surface area contributed by atoms with Gasteiger partial charge >= 0.3 is 0 Å². The van der Waals surface area contributed by atoms with Crippen LogP contribution in [0.2, 0.25) is 5.02 Å². The highest BCUT2D eigenvalue weighted by Gasteiger charge is 2.15. The second-order valence-corrected chi connectivity index (χ2v) is 5.86. The zero-order valence-electron chi connectivity index (χ0n) is 12.0. The van der Waals surface area contributed by atoms with E-state index in [9.17, 15) is 0 Å². The first-order chi connectivity index (χ1) is 8.34. The van der Waals surface area contributed by atoms with Crippen LogP contribution in [0.5, 0.6) is 5.75 Å². The van der Waals surface area contributed by atoms with Crippen molar-refractivity contribution in [3.63, 3.8) is 0 Å². The lowest BCUT2D eigenvalue weighted by Crippen LogP contribution is -2.43. The molecule has 0 spiro atoms. The van der Waals surface area contributed by atoms with Gasteiger partial charge in [0.2, 0.25) is 0 Å². The van der Waals surface area contributed by atoms with Crippen LogP contribution in [0.3, 0.4) is 0 Å². The maximum Gasteiger partial charge on any atom is 0.120 e. The summed E-state index contributed by atoms with van der Waals surface area (Å²) < 4.78 is 5.87. The molecule has 0 saturated carbocycles. The van der Waals surface area contributed by atoms with Gasteiger partial charge in [-0.25, -0.2) is 0 Å². The minimum Gasteiger partial charge on any atom is -0.489 e. The van der Waals surface area contributed by atoms with E-state index in [1.54, 1.807) is 0 Å². The number of ether oxygens (including phenoxy) is 1. The highest BCUT2D eigenvalue weighted by atomic mass is 35.5. The third kappa shape index (κ3) is 4.87.